The van der Waals surface area contributed by atoms with Crippen LogP contribution in [0.25, 0.3) is 0 Å². The van der Waals surface area contributed by atoms with Gasteiger partial charge < -0.3 is 14.8 Å². The Morgan fingerprint density at radius 3 is 2.75 bits per heavy atom. The summed E-state index contributed by atoms with van der Waals surface area (Å²) in [6.07, 6.45) is -0.636. The molecule has 2 aromatic rings. The number of fused-ring (bicyclic) bond motifs is 1. The molecular formula is C15H12INO3. The van der Waals surface area contributed by atoms with Crippen LogP contribution in [0.1, 0.15) is 0 Å². The van der Waals surface area contributed by atoms with Gasteiger partial charge in [0.1, 0.15) is 6.61 Å². The van der Waals surface area contributed by atoms with Crippen molar-refractivity contribution in [1.82, 2.24) is 0 Å². The first kappa shape index (κ1) is 13.2. The molecule has 1 aliphatic heterocycles. The summed E-state index contributed by atoms with van der Waals surface area (Å²) in [6, 6.07) is 14.9. The monoisotopic (exact) mass is 381 g/mol. The Kier molecular flexibility index (Phi) is 3.77. The molecule has 4 nitrogen and oxygen atoms in total. The summed E-state index contributed by atoms with van der Waals surface area (Å²) >= 11 is 2.20. The number of halogens is 1. The second-order valence-electron chi connectivity index (χ2n) is 4.36. The minimum Gasteiger partial charge on any atom is -0.485 e. The molecular weight excluding hydrogens is 369 g/mol. The van der Waals surface area contributed by atoms with Crippen LogP contribution in [0.4, 0.5) is 5.69 Å². The molecule has 1 unspecified atom stereocenters. The number of hydrogen-bond acceptors (Lipinski definition) is 3. The molecule has 102 valence electrons. The van der Waals surface area contributed by atoms with Crippen LogP contribution in [0.15, 0.2) is 48.5 Å². The maximum Gasteiger partial charge on any atom is 0.269 e. The van der Waals surface area contributed by atoms with E-state index in [1.807, 2.05) is 42.5 Å². The van der Waals surface area contributed by atoms with Gasteiger partial charge in [-0.15, -0.1) is 0 Å². The second-order valence-corrected chi connectivity index (χ2v) is 5.61. The third-order valence-corrected chi connectivity index (χ3v) is 3.56. The first-order chi connectivity index (χ1) is 9.72. The molecule has 1 N–H and O–H groups in total. The zero-order valence-corrected chi connectivity index (χ0v) is 12.7. The molecule has 0 radical (unpaired) electrons. The molecule has 3 rings (SSSR count). The van der Waals surface area contributed by atoms with Crippen molar-refractivity contribution < 1.29 is 14.3 Å². The standard InChI is InChI=1S/C15H12INO3/c16-10-4-3-5-11(8-10)17-15(18)14-9-19-12-6-1-2-7-13(12)20-14/h1-8,14H,9H2,(H,17,18). The van der Waals surface area contributed by atoms with Crippen LogP contribution in [-0.2, 0) is 4.79 Å². The van der Waals surface area contributed by atoms with Gasteiger partial charge in [-0.05, 0) is 52.9 Å². The normalized spacial score (nSPS) is 16.6. The van der Waals surface area contributed by atoms with Crippen molar-refractivity contribution in [3.05, 3.63) is 52.1 Å². The minimum absolute atomic E-state index is 0.207. The number of benzene rings is 2. The highest BCUT2D eigenvalue weighted by atomic mass is 127. The summed E-state index contributed by atoms with van der Waals surface area (Å²) in [7, 11) is 0. The highest BCUT2D eigenvalue weighted by molar-refractivity contribution is 14.1. The zero-order chi connectivity index (χ0) is 13.9. The molecule has 1 aliphatic rings. The van der Waals surface area contributed by atoms with Gasteiger partial charge in [-0.3, -0.25) is 4.79 Å². The van der Waals surface area contributed by atoms with Gasteiger partial charge in [-0.1, -0.05) is 18.2 Å². The third kappa shape index (κ3) is 2.87. The van der Waals surface area contributed by atoms with Crippen LogP contribution in [0.2, 0.25) is 0 Å². The highest BCUT2D eigenvalue weighted by Crippen LogP contribution is 2.31. The lowest BCUT2D eigenvalue weighted by molar-refractivity contribution is -0.125. The highest BCUT2D eigenvalue weighted by Gasteiger charge is 2.27. The van der Waals surface area contributed by atoms with Crippen molar-refractivity contribution in [3.8, 4) is 11.5 Å². The number of rotatable bonds is 2. The van der Waals surface area contributed by atoms with Gasteiger partial charge in [0.25, 0.3) is 5.91 Å². The molecule has 0 aromatic heterocycles. The van der Waals surface area contributed by atoms with E-state index in [1.165, 1.54) is 0 Å². The molecule has 1 atom stereocenters. The molecule has 0 fully saturated rings. The average Bonchev–Trinajstić information content (AvgIpc) is 2.47. The summed E-state index contributed by atoms with van der Waals surface area (Å²) < 4.78 is 12.3. The summed E-state index contributed by atoms with van der Waals surface area (Å²) in [6.45, 7) is 0.215. The van der Waals surface area contributed by atoms with E-state index >= 15 is 0 Å². The number of ether oxygens (including phenoxy) is 2. The Morgan fingerprint density at radius 2 is 1.95 bits per heavy atom. The van der Waals surface area contributed by atoms with E-state index in [0.29, 0.717) is 11.5 Å². The van der Waals surface area contributed by atoms with E-state index < -0.39 is 6.10 Å². The number of nitrogens with one attached hydrogen (secondary N) is 1. The summed E-state index contributed by atoms with van der Waals surface area (Å²) in [4.78, 5) is 12.2. The van der Waals surface area contributed by atoms with Crippen molar-refractivity contribution in [3.63, 3.8) is 0 Å². The molecule has 5 heteroatoms. The Morgan fingerprint density at radius 1 is 1.15 bits per heavy atom. The van der Waals surface area contributed by atoms with Gasteiger partial charge in [0.05, 0.1) is 0 Å². The van der Waals surface area contributed by atoms with E-state index in [0.717, 1.165) is 9.26 Å². The molecule has 2 aromatic carbocycles. The maximum absolute atomic E-state index is 12.2. The molecule has 0 aliphatic carbocycles. The Balaban J connectivity index is 1.70. The number of carbonyl (C=O) groups excluding carboxylic acids is 1. The summed E-state index contributed by atoms with van der Waals surface area (Å²) in [5.41, 5.74) is 0.754. The van der Waals surface area contributed by atoms with Crippen molar-refractivity contribution in [2.75, 3.05) is 11.9 Å². The number of amides is 1. The first-order valence-corrected chi connectivity index (χ1v) is 7.25. The fourth-order valence-corrected chi connectivity index (χ4v) is 2.48. The number of anilines is 1. The fraction of sp³-hybridized carbons (Fsp3) is 0.133. The summed E-state index contributed by atoms with van der Waals surface area (Å²) in [5.74, 6) is 1.06. The predicted octanol–water partition coefficient (Wildman–Crippen LogP) is 3.07. The lowest BCUT2D eigenvalue weighted by Crippen LogP contribution is -2.40. The third-order valence-electron chi connectivity index (χ3n) is 2.89. The van der Waals surface area contributed by atoms with Gasteiger partial charge in [-0.25, -0.2) is 0 Å². The van der Waals surface area contributed by atoms with E-state index in [9.17, 15) is 4.79 Å². The van der Waals surface area contributed by atoms with Gasteiger partial charge in [0.15, 0.2) is 11.5 Å². The second kappa shape index (κ2) is 5.70. The molecule has 0 saturated carbocycles. The summed E-state index contributed by atoms with van der Waals surface area (Å²) in [5, 5.41) is 2.83. The Bertz CT molecular complexity index is 645. The van der Waals surface area contributed by atoms with Crippen molar-refractivity contribution >= 4 is 34.2 Å². The zero-order valence-electron chi connectivity index (χ0n) is 10.5. The van der Waals surface area contributed by atoms with Crippen LogP contribution >= 0.6 is 22.6 Å². The first-order valence-electron chi connectivity index (χ1n) is 6.17. The number of hydrogen-bond donors (Lipinski definition) is 1. The van der Waals surface area contributed by atoms with Crippen molar-refractivity contribution in [2.45, 2.75) is 6.10 Å². The van der Waals surface area contributed by atoms with Gasteiger partial charge in [-0.2, -0.15) is 0 Å². The number of para-hydroxylation sites is 2. The van der Waals surface area contributed by atoms with Crippen LogP contribution in [0, 0.1) is 3.57 Å². The van der Waals surface area contributed by atoms with Crippen LogP contribution in [0.5, 0.6) is 11.5 Å². The van der Waals surface area contributed by atoms with Crippen molar-refractivity contribution in [1.29, 1.82) is 0 Å². The van der Waals surface area contributed by atoms with Crippen molar-refractivity contribution in [2.24, 2.45) is 0 Å². The lowest BCUT2D eigenvalue weighted by Gasteiger charge is -2.25. The average molecular weight is 381 g/mol. The SMILES string of the molecule is O=C(Nc1cccc(I)c1)C1COc2ccccc2O1. The van der Waals surface area contributed by atoms with Crippen LogP contribution in [-0.4, -0.2) is 18.6 Å². The molecule has 0 spiro atoms. The molecule has 20 heavy (non-hydrogen) atoms. The van der Waals surface area contributed by atoms with Crippen LogP contribution in [0.3, 0.4) is 0 Å². The van der Waals surface area contributed by atoms with Gasteiger partial charge >= 0.3 is 0 Å². The van der Waals surface area contributed by atoms with Crippen LogP contribution < -0.4 is 14.8 Å². The molecule has 0 saturated heterocycles. The Hall–Kier alpha value is -1.76. The van der Waals surface area contributed by atoms with E-state index in [4.69, 9.17) is 9.47 Å². The fourth-order valence-electron chi connectivity index (χ4n) is 1.94. The quantitative estimate of drug-likeness (QED) is 0.814. The smallest absolute Gasteiger partial charge is 0.269 e. The largest absolute Gasteiger partial charge is 0.485 e. The molecule has 0 bridgehead atoms. The minimum atomic E-state index is -0.636. The topological polar surface area (TPSA) is 47.6 Å². The Labute approximate surface area is 130 Å². The predicted molar refractivity (Wildman–Crippen MR) is 84.1 cm³/mol. The van der Waals surface area contributed by atoms with E-state index in [1.54, 1.807) is 6.07 Å². The van der Waals surface area contributed by atoms with E-state index in [2.05, 4.69) is 27.9 Å². The molecule has 1 heterocycles. The number of carbonyl (C=O) groups is 1. The van der Waals surface area contributed by atoms with E-state index in [-0.39, 0.29) is 12.5 Å². The van der Waals surface area contributed by atoms with Gasteiger partial charge in [0.2, 0.25) is 6.10 Å². The van der Waals surface area contributed by atoms with Gasteiger partial charge in [0, 0.05) is 9.26 Å². The molecule has 1 amide bonds. The lowest BCUT2D eigenvalue weighted by atomic mass is 10.2. The maximum atomic E-state index is 12.2.